The van der Waals surface area contributed by atoms with Crippen LogP contribution in [0.1, 0.15) is 57.8 Å². The first-order valence-corrected chi connectivity index (χ1v) is 8.58. The Bertz CT molecular complexity index is 216. The molecule has 0 aromatic heterocycles. The van der Waals surface area contributed by atoms with Crippen molar-refractivity contribution in [2.24, 2.45) is 29.6 Å². The molecule has 3 aliphatic carbocycles. The van der Waals surface area contributed by atoms with Gasteiger partial charge in [-0.25, -0.2) is 0 Å². The highest BCUT2D eigenvalue weighted by Gasteiger charge is 2.44. The fourth-order valence-electron chi connectivity index (χ4n) is 5.12. The maximum atomic E-state index is 3.83. The van der Waals surface area contributed by atoms with Crippen LogP contribution in [0.4, 0.5) is 0 Å². The van der Waals surface area contributed by atoms with Crippen LogP contribution in [-0.2, 0) is 0 Å². The van der Waals surface area contributed by atoms with E-state index in [9.17, 15) is 0 Å². The van der Waals surface area contributed by atoms with E-state index in [0.29, 0.717) is 0 Å². The van der Waals surface area contributed by atoms with Gasteiger partial charge in [-0.3, -0.25) is 0 Å². The van der Waals surface area contributed by atoms with Crippen molar-refractivity contribution in [2.45, 2.75) is 57.8 Å². The second kappa shape index (κ2) is 5.00. The van der Waals surface area contributed by atoms with Crippen molar-refractivity contribution in [3.63, 3.8) is 0 Å². The summed E-state index contributed by atoms with van der Waals surface area (Å²) in [7, 11) is 0. The van der Waals surface area contributed by atoms with Gasteiger partial charge in [-0.1, -0.05) is 54.5 Å². The summed E-state index contributed by atoms with van der Waals surface area (Å²) in [6.07, 6.45) is 13.9. The predicted octanol–water partition coefficient (Wildman–Crippen LogP) is 5.01. The highest BCUT2D eigenvalue weighted by Crippen LogP contribution is 2.53. The zero-order chi connectivity index (χ0) is 11.0. The number of alkyl halides is 1. The molecule has 92 valence electrons. The molecule has 0 amide bonds. The monoisotopic (exact) mass is 284 g/mol. The Balaban J connectivity index is 1.78. The molecule has 4 unspecified atom stereocenters. The third kappa shape index (κ3) is 1.98. The van der Waals surface area contributed by atoms with E-state index < -0.39 is 0 Å². The lowest BCUT2D eigenvalue weighted by Gasteiger charge is -2.51. The van der Waals surface area contributed by atoms with Crippen molar-refractivity contribution in [1.82, 2.24) is 0 Å². The summed E-state index contributed by atoms with van der Waals surface area (Å²) >= 11 is 3.83. The van der Waals surface area contributed by atoms with Gasteiger partial charge in [-0.2, -0.15) is 0 Å². The van der Waals surface area contributed by atoms with Crippen LogP contribution in [0.5, 0.6) is 0 Å². The van der Waals surface area contributed by atoms with Crippen molar-refractivity contribution in [2.75, 3.05) is 5.33 Å². The van der Waals surface area contributed by atoms with Crippen LogP contribution in [0.3, 0.4) is 0 Å². The zero-order valence-electron chi connectivity index (χ0n) is 10.3. The third-order valence-electron chi connectivity index (χ3n) is 5.82. The molecule has 0 aliphatic heterocycles. The summed E-state index contributed by atoms with van der Waals surface area (Å²) in [5, 5.41) is 1.29. The van der Waals surface area contributed by atoms with Crippen molar-refractivity contribution in [3.8, 4) is 0 Å². The molecule has 3 aliphatic rings. The number of halogens is 1. The van der Waals surface area contributed by atoms with Gasteiger partial charge in [-0.05, 0) is 48.9 Å². The van der Waals surface area contributed by atoms with Crippen molar-refractivity contribution in [3.05, 3.63) is 0 Å². The molecule has 1 heteroatoms. The van der Waals surface area contributed by atoms with Gasteiger partial charge >= 0.3 is 0 Å². The van der Waals surface area contributed by atoms with Crippen LogP contribution in [0.25, 0.3) is 0 Å². The SMILES string of the molecule is BrCC1C2CCCCC2CC2CCCCC21. The quantitative estimate of drug-likeness (QED) is 0.594. The van der Waals surface area contributed by atoms with Gasteiger partial charge in [0.15, 0.2) is 0 Å². The maximum Gasteiger partial charge on any atom is 0.00651 e. The van der Waals surface area contributed by atoms with Crippen LogP contribution in [0.2, 0.25) is 0 Å². The van der Waals surface area contributed by atoms with E-state index in [-0.39, 0.29) is 0 Å². The molecule has 0 radical (unpaired) electrons. The van der Waals surface area contributed by atoms with Crippen LogP contribution in [0, 0.1) is 29.6 Å². The first kappa shape index (κ1) is 11.6. The minimum Gasteiger partial charge on any atom is -0.0925 e. The molecule has 0 bridgehead atoms. The third-order valence-corrected chi connectivity index (χ3v) is 6.57. The van der Waals surface area contributed by atoms with Crippen LogP contribution in [0.15, 0.2) is 0 Å². The topological polar surface area (TPSA) is 0 Å². The van der Waals surface area contributed by atoms with E-state index in [0.717, 1.165) is 29.6 Å². The Labute approximate surface area is 109 Å². The minimum absolute atomic E-state index is 1.03. The first-order valence-electron chi connectivity index (χ1n) is 7.46. The van der Waals surface area contributed by atoms with Crippen molar-refractivity contribution < 1.29 is 0 Å². The van der Waals surface area contributed by atoms with Gasteiger partial charge < -0.3 is 0 Å². The summed E-state index contributed by atoms with van der Waals surface area (Å²) in [4.78, 5) is 0. The summed E-state index contributed by atoms with van der Waals surface area (Å²) in [6.45, 7) is 0. The molecule has 16 heavy (non-hydrogen) atoms. The molecule has 0 spiro atoms. The van der Waals surface area contributed by atoms with Crippen LogP contribution in [-0.4, -0.2) is 5.33 Å². The second-order valence-corrected chi connectivity index (χ2v) is 7.12. The lowest BCUT2D eigenvalue weighted by molar-refractivity contribution is 0.000884. The largest absolute Gasteiger partial charge is 0.0925 e. The summed E-state index contributed by atoms with van der Waals surface area (Å²) in [6, 6.07) is 0. The highest BCUT2D eigenvalue weighted by molar-refractivity contribution is 9.09. The Kier molecular flexibility index (Phi) is 3.61. The van der Waals surface area contributed by atoms with E-state index >= 15 is 0 Å². The molecular formula is C15H25Br. The van der Waals surface area contributed by atoms with Crippen molar-refractivity contribution in [1.29, 1.82) is 0 Å². The lowest BCUT2D eigenvalue weighted by atomic mass is 9.55. The number of hydrogen-bond acceptors (Lipinski definition) is 0. The van der Waals surface area contributed by atoms with E-state index in [2.05, 4.69) is 15.9 Å². The van der Waals surface area contributed by atoms with Crippen LogP contribution >= 0.6 is 15.9 Å². The van der Waals surface area contributed by atoms with E-state index in [1.165, 1.54) is 31.0 Å². The van der Waals surface area contributed by atoms with E-state index in [1.54, 1.807) is 32.1 Å². The molecule has 4 atom stereocenters. The zero-order valence-corrected chi connectivity index (χ0v) is 11.9. The highest BCUT2D eigenvalue weighted by atomic mass is 79.9. The van der Waals surface area contributed by atoms with Gasteiger partial charge in [0, 0.05) is 5.33 Å². The average Bonchev–Trinajstić information content (AvgIpc) is 2.36. The smallest absolute Gasteiger partial charge is 0.00651 e. The average molecular weight is 285 g/mol. The summed E-state index contributed by atoms with van der Waals surface area (Å²) < 4.78 is 0. The Morgan fingerprint density at radius 1 is 0.750 bits per heavy atom. The minimum atomic E-state index is 1.03. The van der Waals surface area contributed by atoms with Crippen molar-refractivity contribution >= 4 is 15.9 Å². The van der Waals surface area contributed by atoms with Gasteiger partial charge in [0.25, 0.3) is 0 Å². The molecule has 3 fully saturated rings. The molecule has 0 aromatic rings. The van der Waals surface area contributed by atoms with Crippen LogP contribution < -0.4 is 0 Å². The number of rotatable bonds is 1. The lowest BCUT2D eigenvalue weighted by Crippen LogP contribution is -2.43. The summed E-state index contributed by atoms with van der Waals surface area (Å²) in [5.41, 5.74) is 0. The van der Waals surface area contributed by atoms with Gasteiger partial charge in [0.1, 0.15) is 0 Å². The standard InChI is InChI=1S/C15H25Br/c16-10-15-13-7-3-1-5-11(13)9-12-6-2-4-8-14(12)15/h11-15H,1-10H2. The summed E-state index contributed by atoms with van der Waals surface area (Å²) in [5.74, 6) is 5.43. The number of hydrogen-bond donors (Lipinski definition) is 0. The first-order chi connectivity index (χ1) is 7.90. The Morgan fingerprint density at radius 3 is 1.75 bits per heavy atom. The van der Waals surface area contributed by atoms with E-state index in [4.69, 9.17) is 0 Å². The molecule has 3 rings (SSSR count). The molecule has 3 saturated carbocycles. The molecule has 0 saturated heterocycles. The van der Waals surface area contributed by atoms with Gasteiger partial charge in [0.05, 0.1) is 0 Å². The molecule has 0 aromatic carbocycles. The molecular weight excluding hydrogens is 260 g/mol. The number of fused-ring (bicyclic) bond motifs is 2. The van der Waals surface area contributed by atoms with Gasteiger partial charge in [0.2, 0.25) is 0 Å². The Hall–Kier alpha value is 0.480. The fourth-order valence-corrected chi connectivity index (χ4v) is 6.08. The maximum absolute atomic E-state index is 3.83. The fraction of sp³-hybridized carbons (Fsp3) is 1.00. The second-order valence-electron chi connectivity index (χ2n) is 6.47. The molecule has 0 N–H and O–H groups in total. The Morgan fingerprint density at radius 2 is 1.25 bits per heavy atom. The predicted molar refractivity (Wildman–Crippen MR) is 72.8 cm³/mol. The van der Waals surface area contributed by atoms with Gasteiger partial charge in [-0.15, -0.1) is 0 Å². The normalized spacial score (nSPS) is 48.2. The molecule has 0 nitrogen and oxygen atoms in total. The molecule has 0 heterocycles. The van der Waals surface area contributed by atoms with E-state index in [1.807, 2.05) is 0 Å².